The zero-order chi connectivity index (χ0) is 15.9. The van der Waals surface area contributed by atoms with Gasteiger partial charge in [0.25, 0.3) is 0 Å². The van der Waals surface area contributed by atoms with Gasteiger partial charge in [0.15, 0.2) is 5.96 Å². The number of nitrogens with one attached hydrogen (secondary N) is 1. The fourth-order valence-corrected chi connectivity index (χ4v) is 2.18. The lowest BCUT2D eigenvalue weighted by Gasteiger charge is -2.07. The average Bonchev–Trinajstić information content (AvgIpc) is 2.51. The molecule has 22 heavy (non-hydrogen) atoms. The second-order valence-corrected chi connectivity index (χ2v) is 4.98. The van der Waals surface area contributed by atoms with Gasteiger partial charge in [0.1, 0.15) is 11.6 Å². The molecule has 0 spiro atoms. The van der Waals surface area contributed by atoms with Crippen LogP contribution in [0.5, 0.6) is 5.75 Å². The second-order valence-electron chi connectivity index (χ2n) is 4.57. The molecule has 0 radical (unpaired) electrons. The normalized spacial score (nSPS) is 11.3. The van der Waals surface area contributed by atoms with E-state index in [0.717, 1.165) is 11.4 Å². The third-order valence-corrected chi connectivity index (χ3v) is 3.42. The minimum Gasteiger partial charge on any atom is -0.497 e. The highest BCUT2D eigenvalue weighted by Gasteiger charge is 2.06. The zero-order valence-corrected chi connectivity index (χ0v) is 12.9. The SMILES string of the molecule is COc1ccc(NC(N)=NCCc2c(F)cccc2Cl)cc1. The van der Waals surface area contributed by atoms with Crippen LogP contribution < -0.4 is 15.8 Å². The van der Waals surface area contributed by atoms with Gasteiger partial charge in [-0.3, -0.25) is 4.99 Å². The number of hydrogen-bond acceptors (Lipinski definition) is 2. The molecule has 0 heterocycles. The highest BCUT2D eigenvalue weighted by atomic mass is 35.5. The first kappa shape index (κ1) is 16.1. The molecule has 0 aromatic heterocycles. The van der Waals surface area contributed by atoms with Gasteiger partial charge in [-0.15, -0.1) is 0 Å². The van der Waals surface area contributed by atoms with Gasteiger partial charge in [0, 0.05) is 22.8 Å². The molecule has 0 aliphatic rings. The lowest BCUT2D eigenvalue weighted by atomic mass is 10.1. The Balaban J connectivity index is 1.92. The molecule has 2 aromatic carbocycles. The molecule has 0 amide bonds. The van der Waals surface area contributed by atoms with Crippen LogP contribution in [0, 0.1) is 5.82 Å². The molecule has 0 aliphatic carbocycles. The predicted molar refractivity (Wildman–Crippen MR) is 88.2 cm³/mol. The number of anilines is 1. The van der Waals surface area contributed by atoms with Gasteiger partial charge < -0.3 is 15.8 Å². The van der Waals surface area contributed by atoms with Crippen molar-refractivity contribution in [3.63, 3.8) is 0 Å². The van der Waals surface area contributed by atoms with E-state index in [1.54, 1.807) is 19.2 Å². The fraction of sp³-hybridized carbons (Fsp3) is 0.188. The van der Waals surface area contributed by atoms with Crippen molar-refractivity contribution in [2.45, 2.75) is 6.42 Å². The Morgan fingerprint density at radius 3 is 2.64 bits per heavy atom. The molecule has 3 N–H and O–H groups in total. The Morgan fingerprint density at radius 1 is 1.27 bits per heavy atom. The first-order valence-electron chi connectivity index (χ1n) is 6.74. The van der Waals surface area contributed by atoms with Crippen LogP contribution in [0.25, 0.3) is 0 Å². The van der Waals surface area contributed by atoms with Crippen LogP contribution in [-0.2, 0) is 6.42 Å². The van der Waals surface area contributed by atoms with Crippen molar-refractivity contribution in [1.29, 1.82) is 0 Å². The van der Waals surface area contributed by atoms with Crippen LogP contribution in [0.3, 0.4) is 0 Å². The average molecular weight is 322 g/mol. The summed E-state index contributed by atoms with van der Waals surface area (Å²) in [7, 11) is 1.60. The third-order valence-electron chi connectivity index (χ3n) is 3.07. The first-order valence-corrected chi connectivity index (χ1v) is 7.12. The number of hydrogen-bond donors (Lipinski definition) is 2. The van der Waals surface area contributed by atoms with Crippen LogP contribution >= 0.6 is 11.6 Å². The largest absolute Gasteiger partial charge is 0.497 e. The maximum Gasteiger partial charge on any atom is 0.193 e. The quantitative estimate of drug-likeness (QED) is 0.655. The van der Waals surface area contributed by atoms with Gasteiger partial charge in [0.2, 0.25) is 0 Å². The number of guanidine groups is 1. The summed E-state index contributed by atoms with van der Waals surface area (Å²) >= 11 is 5.96. The third kappa shape index (κ3) is 4.36. The summed E-state index contributed by atoms with van der Waals surface area (Å²) in [6.45, 7) is 0.343. The summed E-state index contributed by atoms with van der Waals surface area (Å²) in [5, 5.41) is 3.35. The molecule has 0 atom stereocenters. The number of rotatable bonds is 5. The van der Waals surface area contributed by atoms with Gasteiger partial charge >= 0.3 is 0 Å². The Bertz CT molecular complexity index is 639. The summed E-state index contributed by atoms with van der Waals surface area (Å²) in [6, 6.07) is 11.9. The van der Waals surface area contributed by atoms with Gasteiger partial charge in [0.05, 0.1) is 7.11 Å². The Morgan fingerprint density at radius 2 is 2.00 bits per heavy atom. The van der Waals surface area contributed by atoms with Crippen LogP contribution in [0.4, 0.5) is 10.1 Å². The van der Waals surface area contributed by atoms with E-state index in [4.69, 9.17) is 22.1 Å². The van der Waals surface area contributed by atoms with E-state index in [2.05, 4.69) is 10.3 Å². The van der Waals surface area contributed by atoms with Crippen molar-refractivity contribution in [3.05, 3.63) is 58.9 Å². The molecule has 0 aliphatic heterocycles. The standard InChI is InChI=1S/C16H17ClFN3O/c1-22-12-7-5-11(6-8-12)21-16(19)20-10-9-13-14(17)3-2-4-15(13)18/h2-8H,9-10H2,1H3,(H3,19,20,21). The lowest BCUT2D eigenvalue weighted by Crippen LogP contribution is -2.23. The molecule has 6 heteroatoms. The minimum absolute atomic E-state index is 0.262. The molecule has 116 valence electrons. The highest BCUT2D eigenvalue weighted by molar-refractivity contribution is 6.31. The van der Waals surface area contributed by atoms with Gasteiger partial charge in [-0.1, -0.05) is 17.7 Å². The summed E-state index contributed by atoms with van der Waals surface area (Å²) in [4.78, 5) is 4.17. The fourth-order valence-electron chi connectivity index (χ4n) is 1.92. The number of nitrogens with zero attached hydrogens (tertiary/aromatic N) is 1. The van der Waals surface area contributed by atoms with E-state index >= 15 is 0 Å². The van der Waals surface area contributed by atoms with Crippen molar-refractivity contribution in [1.82, 2.24) is 0 Å². The van der Waals surface area contributed by atoms with E-state index in [1.807, 2.05) is 24.3 Å². The monoisotopic (exact) mass is 321 g/mol. The van der Waals surface area contributed by atoms with Gasteiger partial charge in [-0.25, -0.2) is 4.39 Å². The smallest absolute Gasteiger partial charge is 0.193 e. The number of methoxy groups -OCH3 is 1. The van der Waals surface area contributed by atoms with Crippen LogP contribution in [0.1, 0.15) is 5.56 Å². The second kappa shape index (κ2) is 7.66. The summed E-state index contributed by atoms with van der Waals surface area (Å²) in [5.74, 6) is 0.692. The molecule has 0 unspecified atom stereocenters. The van der Waals surface area contributed by atoms with E-state index in [0.29, 0.717) is 23.6 Å². The van der Waals surface area contributed by atoms with Gasteiger partial charge in [-0.05, 0) is 42.8 Å². The van der Waals surface area contributed by atoms with Crippen LogP contribution in [0.15, 0.2) is 47.5 Å². The Labute approximate surface area is 133 Å². The molecule has 2 rings (SSSR count). The summed E-state index contributed by atoms with van der Waals surface area (Å²) in [5.41, 5.74) is 7.04. The number of ether oxygens (including phenoxy) is 1. The zero-order valence-electron chi connectivity index (χ0n) is 12.1. The van der Waals surface area contributed by atoms with E-state index < -0.39 is 0 Å². The minimum atomic E-state index is -0.329. The Kier molecular flexibility index (Phi) is 5.61. The van der Waals surface area contributed by atoms with Crippen molar-refractivity contribution in [2.24, 2.45) is 10.7 Å². The molecule has 0 saturated heterocycles. The topological polar surface area (TPSA) is 59.6 Å². The molecule has 4 nitrogen and oxygen atoms in total. The predicted octanol–water partition coefficient (Wildman–Crippen LogP) is 3.46. The molecule has 0 fully saturated rings. The van der Waals surface area contributed by atoms with Crippen LogP contribution in [0.2, 0.25) is 5.02 Å². The molecule has 2 aromatic rings. The number of benzene rings is 2. The lowest BCUT2D eigenvalue weighted by molar-refractivity contribution is 0.415. The molecule has 0 saturated carbocycles. The molecular formula is C16H17ClFN3O. The van der Waals surface area contributed by atoms with Crippen molar-refractivity contribution in [3.8, 4) is 5.75 Å². The van der Waals surface area contributed by atoms with Crippen molar-refractivity contribution < 1.29 is 9.13 Å². The van der Waals surface area contributed by atoms with Crippen LogP contribution in [-0.4, -0.2) is 19.6 Å². The van der Waals surface area contributed by atoms with Gasteiger partial charge in [-0.2, -0.15) is 0 Å². The number of aliphatic imine (C=N–C) groups is 1. The molecule has 0 bridgehead atoms. The maximum absolute atomic E-state index is 13.6. The van der Waals surface area contributed by atoms with E-state index in [1.165, 1.54) is 6.07 Å². The Hall–Kier alpha value is -2.27. The van der Waals surface area contributed by atoms with Crippen molar-refractivity contribution >= 4 is 23.2 Å². The summed E-state index contributed by atoms with van der Waals surface area (Å²) < 4.78 is 18.7. The highest BCUT2D eigenvalue weighted by Crippen LogP contribution is 2.19. The van der Waals surface area contributed by atoms with Crippen molar-refractivity contribution in [2.75, 3.05) is 19.0 Å². The molecular weight excluding hydrogens is 305 g/mol. The van der Waals surface area contributed by atoms with E-state index in [9.17, 15) is 4.39 Å². The number of nitrogens with two attached hydrogens (primary N) is 1. The maximum atomic E-state index is 13.6. The summed E-state index contributed by atoms with van der Waals surface area (Å²) in [6.07, 6.45) is 0.385. The van der Waals surface area contributed by atoms with E-state index in [-0.39, 0.29) is 11.8 Å². The first-order chi connectivity index (χ1) is 10.6. The number of halogens is 2.